The molecule has 0 fully saturated rings. The second kappa shape index (κ2) is 14.9. The van der Waals surface area contributed by atoms with Crippen molar-refractivity contribution in [2.45, 2.75) is 39.5 Å². The number of rotatable bonds is 8. The highest BCUT2D eigenvalue weighted by Gasteiger charge is 2.25. The fourth-order valence-electron chi connectivity index (χ4n) is 10.2. The van der Waals surface area contributed by atoms with Gasteiger partial charge in [-0.15, -0.1) is 0 Å². The van der Waals surface area contributed by atoms with Crippen molar-refractivity contribution in [1.29, 1.82) is 0 Å². The van der Waals surface area contributed by atoms with Gasteiger partial charge in [0, 0.05) is 71.5 Å². The summed E-state index contributed by atoms with van der Waals surface area (Å²) in [4.78, 5) is 8.82. The van der Waals surface area contributed by atoms with Crippen molar-refractivity contribution >= 4 is 105 Å². The molecule has 12 rings (SSSR count). The molecule has 4 heteroatoms. The molecule has 9 aromatic carbocycles. The highest BCUT2D eigenvalue weighted by atomic mass is 15.2. The third kappa shape index (κ3) is 5.97. The Bertz CT molecular complexity index is 3700. The molecule has 4 nitrogen and oxygen atoms in total. The van der Waals surface area contributed by atoms with Crippen LogP contribution in [0.2, 0.25) is 0 Å². The molecule has 0 aliphatic heterocycles. The first-order valence-corrected chi connectivity index (χ1v) is 22.6. The monoisotopic (exact) mass is 824 g/mol. The van der Waals surface area contributed by atoms with Gasteiger partial charge >= 0.3 is 0 Å². The maximum atomic E-state index is 3.99. The molecule has 0 aliphatic rings. The fraction of sp³-hybridized carbons (Fsp3) is 0.100. The van der Waals surface area contributed by atoms with Gasteiger partial charge in [0.15, 0.2) is 0 Å². The summed E-state index contributed by atoms with van der Waals surface area (Å²) in [5, 5.41) is 9.64. The summed E-state index contributed by atoms with van der Waals surface area (Å²) in [6.45, 7) is 9.01. The molecule has 0 saturated heterocycles. The van der Waals surface area contributed by atoms with Gasteiger partial charge < -0.3 is 19.2 Å². The van der Waals surface area contributed by atoms with Crippen LogP contribution in [-0.2, 0) is 0 Å². The van der Waals surface area contributed by atoms with E-state index in [9.17, 15) is 0 Å². The number of hydrogen-bond acceptors (Lipinski definition) is 2. The van der Waals surface area contributed by atoms with Crippen LogP contribution in [-0.4, -0.2) is 9.38 Å². The van der Waals surface area contributed by atoms with Crippen molar-refractivity contribution in [2.75, 3.05) is 9.80 Å². The fourth-order valence-corrected chi connectivity index (χ4v) is 10.2. The SMILES string of the molecule is CC(C)c1ccc(N(c2ccccc2)c2ccc3cc2c2ccccc2[nH]c2cc4c5ccc(N(c6ccccc6)c6ccc(C(C)C)cc6)c6c7ccccc7n(c4cc32)c56)cc1. The first kappa shape index (κ1) is 37.9. The molecule has 0 aliphatic carbocycles. The standard InChI is InChI=1S/C60H48N4/c1-38(2)40-23-28-45(29-24-40)62(43-15-7-5-8-16-43)56-33-27-42-35-51(56)47-19-11-13-21-53(47)61-54-36-52-48-32-34-57(59-49-20-12-14-22-55(49)64(60(48)59)58(52)37-50(42)54)63(44-17-9-6-10-18-44)46-30-25-41(26-31-46)39(3)4/h5-39,61H,1-4H3. The number of nitrogens with zero attached hydrogens (tertiary/aromatic N) is 3. The van der Waals surface area contributed by atoms with Crippen molar-refractivity contribution in [1.82, 2.24) is 9.38 Å². The van der Waals surface area contributed by atoms with Gasteiger partial charge in [-0.25, -0.2) is 0 Å². The van der Waals surface area contributed by atoms with Crippen LogP contribution in [0.1, 0.15) is 50.7 Å². The Morgan fingerprint density at radius 3 is 1.56 bits per heavy atom. The van der Waals surface area contributed by atoms with Crippen molar-refractivity contribution in [3.8, 4) is 0 Å². The normalized spacial score (nSPS) is 12.0. The van der Waals surface area contributed by atoms with E-state index in [1.807, 2.05) is 0 Å². The molecule has 2 bridgehead atoms. The van der Waals surface area contributed by atoms with Gasteiger partial charge in [0.1, 0.15) is 0 Å². The molecule has 0 radical (unpaired) electrons. The molecule has 0 amide bonds. The first-order chi connectivity index (χ1) is 31.4. The number of para-hydroxylation sites is 4. The summed E-state index contributed by atoms with van der Waals surface area (Å²) < 4.78 is 2.52. The lowest BCUT2D eigenvalue weighted by Gasteiger charge is -2.27. The molecule has 0 spiro atoms. The van der Waals surface area contributed by atoms with Gasteiger partial charge in [0.05, 0.1) is 27.9 Å². The van der Waals surface area contributed by atoms with E-state index in [-0.39, 0.29) is 0 Å². The lowest BCUT2D eigenvalue weighted by molar-refractivity contribution is 0.866. The van der Waals surface area contributed by atoms with Gasteiger partial charge in [0.25, 0.3) is 0 Å². The summed E-state index contributed by atoms with van der Waals surface area (Å²) in [6.07, 6.45) is 0. The largest absolute Gasteiger partial charge is 0.354 e. The molecular formula is C60H48N4. The molecule has 0 unspecified atom stereocenters. The predicted octanol–water partition coefficient (Wildman–Crippen LogP) is 17.4. The number of hydrogen-bond donors (Lipinski definition) is 1. The minimum atomic E-state index is 0.457. The smallest absolute Gasteiger partial charge is 0.0641 e. The molecule has 0 saturated carbocycles. The van der Waals surface area contributed by atoms with Crippen molar-refractivity contribution in [3.05, 3.63) is 211 Å². The van der Waals surface area contributed by atoms with Crippen molar-refractivity contribution in [3.63, 3.8) is 0 Å². The average molecular weight is 825 g/mol. The Hall–Kier alpha value is -7.82. The van der Waals surface area contributed by atoms with E-state index in [1.54, 1.807) is 0 Å². The maximum Gasteiger partial charge on any atom is 0.0641 e. The Balaban J connectivity index is 1.13. The Morgan fingerprint density at radius 2 is 0.922 bits per heavy atom. The Morgan fingerprint density at radius 1 is 0.375 bits per heavy atom. The van der Waals surface area contributed by atoms with Gasteiger partial charge in [-0.2, -0.15) is 0 Å². The number of H-pyrrole nitrogens is 1. The van der Waals surface area contributed by atoms with Gasteiger partial charge in [-0.05, 0) is 119 Å². The number of benzene rings is 9. The summed E-state index contributed by atoms with van der Waals surface area (Å²) >= 11 is 0. The van der Waals surface area contributed by atoms with Crippen LogP contribution in [0.25, 0.3) is 70.7 Å². The molecule has 12 aromatic rings. The Kier molecular flexibility index (Phi) is 8.84. The molecule has 1 N–H and O–H groups in total. The molecule has 64 heavy (non-hydrogen) atoms. The molecule has 0 atom stereocenters. The van der Waals surface area contributed by atoms with Crippen molar-refractivity contribution in [2.24, 2.45) is 0 Å². The zero-order valence-electron chi connectivity index (χ0n) is 36.5. The van der Waals surface area contributed by atoms with Crippen LogP contribution >= 0.6 is 0 Å². The quantitative estimate of drug-likeness (QED) is 0.165. The van der Waals surface area contributed by atoms with Crippen LogP contribution in [0.5, 0.6) is 0 Å². The van der Waals surface area contributed by atoms with E-state index >= 15 is 0 Å². The van der Waals surface area contributed by atoms with Crippen LogP contribution in [0, 0.1) is 0 Å². The lowest BCUT2D eigenvalue weighted by atomic mass is 9.99. The second-order valence-corrected chi connectivity index (χ2v) is 17.9. The van der Waals surface area contributed by atoms with E-state index in [0.29, 0.717) is 11.8 Å². The minimum absolute atomic E-state index is 0.457. The number of aromatic amines is 1. The third-order valence-corrected chi connectivity index (χ3v) is 13.4. The van der Waals surface area contributed by atoms with Crippen LogP contribution < -0.4 is 9.80 Å². The maximum absolute atomic E-state index is 3.99. The van der Waals surface area contributed by atoms with Crippen LogP contribution in [0.3, 0.4) is 0 Å². The molecule has 308 valence electrons. The van der Waals surface area contributed by atoms with E-state index in [0.717, 1.165) is 50.5 Å². The summed E-state index contributed by atoms with van der Waals surface area (Å²) in [6, 6.07) is 74.0. The summed E-state index contributed by atoms with van der Waals surface area (Å²) in [5.74, 6) is 0.914. The molecule has 3 aromatic heterocycles. The van der Waals surface area contributed by atoms with Crippen molar-refractivity contribution < 1.29 is 0 Å². The predicted molar refractivity (Wildman–Crippen MR) is 274 cm³/mol. The average Bonchev–Trinajstić information content (AvgIpc) is 3.85. The molecular weight excluding hydrogens is 777 g/mol. The van der Waals surface area contributed by atoms with E-state index < -0.39 is 0 Å². The number of aromatic nitrogens is 2. The zero-order chi connectivity index (χ0) is 43.1. The topological polar surface area (TPSA) is 26.7 Å². The Labute approximate surface area is 373 Å². The summed E-state index contributed by atoms with van der Waals surface area (Å²) in [5.41, 5.74) is 15.3. The second-order valence-electron chi connectivity index (χ2n) is 17.9. The van der Waals surface area contributed by atoms with E-state index in [1.165, 1.54) is 65.4 Å². The number of nitrogens with one attached hydrogen (secondary N) is 1. The minimum Gasteiger partial charge on any atom is -0.354 e. The molecule has 3 heterocycles. The van der Waals surface area contributed by atoms with Gasteiger partial charge in [0.2, 0.25) is 0 Å². The van der Waals surface area contributed by atoms with Gasteiger partial charge in [-0.1, -0.05) is 137 Å². The first-order valence-electron chi connectivity index (χ1n) is 22.6. The summed E-state index contributed by atoms with van der Waals surface area (Å²) in [7, 11) is 0. The van der Waals surface area contributed by atoms with Crippen LogP contribution in [0.15, 0.2) is 200 Å². The number of anilines is 6. The number of fused-ring (bicyclic) bond motifs is 12. The van der Waals surface area contributed by atoms with Crippen LogP contribution in [0.4, 0.5) is 34.1 Å². The van der Waals surface area contributed by atoms with Gasteiger partial charge in [-0.3, -0.25) is 0 Å². The lowest BCUT2D eigenvalue weighted by Crippen LogP contribution is -2.10. The third-order valence-electron chi connectivity index (χ3n) is 13.4. The highest BCUT2D eigenvalue weighted by Crippen LogP contribution is 2.48. The van der Waals surface area contributed by atoms with E-state index in [2.05, 4.69) is 247 Å². The zero-order valence-corrected chi connectivity index (χ0v) is 36.5. The highest BCUT2D eigenvalue weighted by molar-refractivity contribution is 6.29. The van der Waals surface area contributed by atoms with E-state index in [4.69, 9.17) is 0 Å².